The first-order chi connectivity index (χ1) is 13.6. The molecule has 1 heterocycles. The normalized spacial score (nSPS) is 15.8. The van der Waals surface area contributed by atoms with E-state index < -0.39 is 0 Å². The predicted molar refractivity (Wildman–Crippen MR) is 112 cm³/mol. The predicted octanol–water partition coefficient (Wildman–Crippen LogP) is 4.87. The van der Waals surface area contributed by atoms with Crippen molar-refractivity contribution in [2.45, 2.75) is 12.5 Å². The summed E-state index contributed by atoms with van der Waals surface area (Å²) in [5.41, 5.74) is 3.84. The van der Waals surface area contributed by atoms with Gasteiger partial charge in [0, 0.05) is 24.2 Å². The number of benzene rings is 3. The Morgan fingerprint density at radius 2 is 1.75 bits per heavy atom. The van der Waals surface area contributed by atoms with Gasteiger partial charge in [0.05, 0.1) is 18.7 Å². The minimum atomic E-state index is -0.305. The van der Waals surface area contributed by atoms with Crippen LogP contribution in [-0.2, 0) is 11.3 Å². The third-order valence-electron chi connectivity index (χ3n) is 5.05. The summed E-state index contributed by atoms with van der Waals surface area (Å²) in [5.74, 6) is 0.479. The average molecular weight is 393 g/mol. The molecule has 0 aliphatic carbocycles. The van der Waals surface area contributed by atoms with Crippen LogP contribution in [-0.4, -0.2) is 25.1 Å². The molecule has 0 saturated carbocycles. The number of anilines is 1. The highest BCUT2D eigenvalue weighted by Crippen LogP contribution is 2.42. The smallest absolute Gasteiger partial charge is 0.253 e. The van der Waals surface area contributed by atoms with E-state index in [4.69, 9.17) is 16.3 Å². The number of rotatable bonds is 5. The SMILES string of the molecule is COc1ccc(Cl)cc1CN(C)N1C(=O)[C@H](c2ccccc2)c2ccccc21. The molecule has 4 rings (SSSR count). The molecule has 0 saturated heterocycles. The van der Waals surface area contributed by atoms with Crippen LogP contribution in [0.3, 0.4) is 0 Å². The van der Waals surface area contributed by atoms with Crippen molar-refractivity contribution < 1.29 is 9.53 Å². The van der Waals surface area contributed by atoms with Gasteiger partial charge in [-0.1, -0.05) is 60.1 Å². The van der Waals surface area contributed by atoms with Crippen molar-refractivity contribution in [2.75, 3.05) is 19.2 Å². The Hall–Kier alpha value is -2.82. The number of nitrogens with zero attached hydrogens (tertiary/aromatic N) is 2. The van der Waals surface area contributed by atoms with Crippen molar-refractivity contribution in [3.8, 4) is 5.75 Å². The summed E-state index contributed by atoms with van der Waals surface area (Å²) in [7, 11) is 3.54. The van der Waals surface area contributed by atoms with Gasteiger partial charge >= 0.3 is 0 Å². The van der Waals surface area contributed by atoms with Crippen LogP contribution in [0, 0.1) is 0 Å². The summed E-state index contributed by atoms with van der Waals surface area (Å²) in [6, 6.07) is 23.4. The largest absolute Gasteiger partial charge is 0.496 e. The van der Waals surface area contributed by atoms with Gasteiger partial charge in [0.1, 0.15) is 5.75 Å². The first-order valence-corrected chi connectivity index (χ1v) is 9.49. The number of fused-ring (bicyclic) bond motifs is 1. The number of amides is 1. The lowest BCUT2D eigenvalue weighted by Gasteiger charge is -2.29. The van der Waals surface area contributed by atoms with Crippen molar-refractivity contribution in [3.63, 3.8) is 0 Å². The van der Waals surface area contributed by atoms with Crippen LogP contribution in [0.25, 0.3) is 0 Å². The van der Waals surface area contributed by atoms with Crippen LogP contribution in [0.4, 0.5) is 5.69 Å². The number of carbonyl (C=O) groups excluding carboxylic acids is 1. The second kappa shape index (κ2) is 7.66. The van der Waals surface area contributed by atoms with Crippen molar-refractivity contribution in [1.29, 1.82) is 0 Å². The molecular formula is C23H21ClN2O2. The van der Waals surface area contributed by atoms with Gasteiger partial charge in [-0.05, 0) is 35.4 Å². The zero-order chi connectivity index (χ0) is 19.7. The van der Waals surface area contributed by atoms with Gasteiger partial charge in [-0.25, -0.2) is 10.0 Å². The Kier molecular flexibility index (Phi) is 5.07. The molecule has 0 N–H and O–H groups in total. The molecule has 3 aromatic rings. The molecule has 28 heavy (non-hydrogen) atoms. The van der Waals surface area contributed by atoms with E-state index in [0.717, 1.165) is 28.1 Å². The fourth-order valence-corrected chi connectivity index (χ4v) is 4.00. The molecule has 3 aromatic carbocycles. The molecule has 0 fully saturated rings. The van der Waals surface area contributed by atoms with E-state index in [1.54, 1.807) is 18.2 Å². The molecule has 1 amide bonds. The van der Waals surface area contributed by atoms with Gasteiger partial charge in [0.25, 0.3) is 5.91 Å². The molecule has 4 nitrogen and oxygen atoms in total. The van der Waals surface area contributed by atoms with Gasteiger partial charge in [-0.15, -0.1) is 0 Å². The molecule has 1 atom stereocenters. The number of halogens is 1. The fourth-order valence-electron chi connectivity index (χ4n) is 3.81. The van der Waals surface area contributed by atoms with E-state index in [0.29, 0.717) is 11.6 Å². The topological polar surface area (TPSA) is 32.8 Å². The standard InChI is InChI=1S/C23H21ClN2O2/c1-25(15-17-14-18(24)12-13-21(17)28-2)26-20-11-7-6-10-19(20)22(23(26)27)16-8-4-3-5-9-16/h3-14,22H,15H2,1-2H3/t22-/m1/s1. The highest BCUT2D eigenvalue weighted by Gasteiger charge is 2.40. The van der Waals surface area contributed by atoms with E-state index in [2.05, 4.69) is 0 Å². The summed E-state index contributed by atoms with van der Waals surface area (Å²) < 4.78 is 5.46. The molecule has 1 aliphatic rings. The van der Waals surface area contributed by atoms with Crippen LogP contribution < -0.4 is 9.75 Å². The third kappa shape index (κ3) is 3.26. The maximum absolute atomic E-state index is 13.4. The summed E-state index contributed by atoms with van der Waals surface area (Å²) in [4.78, 5) is 13.4. The number of ether oxygens (including phenoxy) is 1. The van der Waals surface area contributed by atoms with Crippen LogP contribution in [0.5, 0.6) is 5.75 Å². The quantitative estimate of drug-likeness (QED) is 0.620. The first kappa shape index (κ1) is 18.5. The molecule has 0 unspecified atom stereocenters. The monoisotopic (exact) mass is 392 g/mol. The molecule has 5 heteroatoms. The number of para-hydroxylation sites is 1. The Morgan fingerprint density at radius 3 is 2.50 bits per heavy atom. The maximum atomic E-state index is 13.4. The Labute approximate surface area is 169 Å². The highest BCUT2D eigenvalue weighted by molar-refractivity contribution is 6.30. The molecule has 0 aromatic heterocycles. The maximum Gasteiger partial charge on any atom is 0.253 e. The van der Waals surface area contributed by atoms with Gasteiger partial charge in [-0.2, -0.15) is 0 Å². The van der Waals surface area contributed by atoms with Crippen LogP contribution in [0.15, 0.2) is 72.8 Å². The van der Waals surface area contributed by atoms with Gasteiger partial charge < -0.3 is 4.74 Å². The second-order valence-corrected chi connectivity index (χ2v) is 7.26. The number of hydrogen-bond donors (Lipinski definition) is 0. The van der Waals surface area contributed by atoms with E-state index in [-0.39, 0.29) is 11.8 Å². The van der Waals surface area contributed by atoms with Crippen molar-refractivity contribution in [1.82, 2.24) is 5.01 Å². The molecular weight excluding hydrogens is 372 g/mol. The Morgan fingerprint density at radius 1 is 1.04 bits per heavy atom. The van der Waals surface area contributed by atoms with E-state index >= 15 is 0 Å². The van der Waals surface area contributed by atoms with Crippen molar-refractivity contribution >= 4 is 23.2 Å². The van der Waals surface area contributed by atoms with Gasteiger partial charge in [0.2, 0.25) is 0 Å². The summed E-state index contributed by atoms with van der Waals surface area (Å²) in [5, 5.41) is 4.31. The zero-order valence-electron chi connectivity index (χ0n) is 15.8. The minimum Gasteiger partial charge on any atom is -0.496 e. The van der Waals surface area contributed by atoms with Crippen LogP contribution in [0.1, 0.15) is 22.6 Å². The summed E-state index contributed by atoms with van der Waals surface area (Å²) in [6.07, 6.45) is 0. The van der Waals surface area contributed by atoms with Crippen LogP contribution in [0.2, 0.25) is 5.02 Å². The van der Waals surface area contributed by atoms with Crippen molar-refractivity contribution in [2.24, 2.45) is 0 Å². The van der Waals surface area contributed by atoms with E-state index in [9.17, 15) is 4.79 Å². The third-order valence-corrected chi connectivity index (χ3v) is 5.28. The first-order valence-electron chi connectivity index (χ1n) is 9.11. The van der Waals surface area contributed by atoms with E-state index in [1.807, 2.05) is 78.8 Å². The number of hydrogen-bond acceptors (Lipinski definition) is 3. The van der Waals surface area contributed by atoms with Gasteiger partial charge in [-0.3, -0.25) is 4.79 Å². The number of methoxy groups -OCH3 is 1. The molecule has 142 valence electrons. The minimum absolute atomic E-state index is 0.0379. The Balaban J connectivity index is 1.70. The lowest BCUT2D eigenvalue weighted by molar-refractivity contribution is -0.121. The molecule has 1 aliphatic heterocycles. The lowest BCUT2D eigenvalue weighted by atomic mass is 9.93. The zero-order valence-corrected chi connectivity index (χ0v) is 16.6. The van der Waals surface area contributed by atoms with E-state index in [1.165, 1.54) is 0 Å². The summed E-state index contributed by atoms with van der Waals surface area (Å²) in [6.45, 7) is 0.491. The van der Waals surface area contributed by atoms with Gasteiger partial charge in [0.15, 0.2) is 0 Å². The van der Waals surface area contributed by atoms with Crippen LogP contribution >= 0.6 is 11.6 Å². The molecule has 0 bridgehead atoms. The molecule has 0 radical (unpaired) electrons. The lowest BCUT2D eigenvalue weighted by Crippen LogP contribution is -2.42. The number of hydrazine groups is 1. The second-order valence-electron chi connectivity index (χ2n) is 6.82. The van der Waals surface area contributed by atoms with Crippen molar-refractivity contribution in [3.05, 3.63) is 94.5 Å². The Bertz CT molecular complexity index is 1010. The highest BCUT2D eigenvalue weighted by atomic mass is 35.5. The molecule has 0 spiro atoms. The summed E-state index contributed by atoms with van der Waals surface area (Å²) >= 11 is 6.18. The number of carbonyl (C=O) groups is 1. The fraction of sp³-hybridized carbons (Fsp3) is 0.174. The average Bonchev–Trinajstić information content (AvgIpc) is 3.00.